The van der Waals surface area contributed by atoms with E-state index in [0.717, 1.165) is 38.5 Å². The third kappa shape index (κ3) is 22.6. The summed E-state index contributed by atoms with van der Waals surface area (Å²) < 4.78 is 0. The summed E-state index contributed by atoms with van der Waals surface area (Å²) in [6.07, 6.45) is 14.7. The quantitative estimate of drug-likeness (QED) is 0.0662. The SMILES string of the molecule is C=C=C=C=C=C=C=CNC(=O)CNC(=O)[C@H]1C[C@@H](C(=O)NCC(=O)NCCCCCCCC)C[C@@H](C(=O)NCC(=O)NCCCCCCCC)C1. The molecule has 0 aliphatic heterocycles. The van der Waals surface area contributed by atoms with E-state index >= 15 is 0 Å². The molecule has 12 nitrogen and oxygen atoms in total. The second-order valence-corrected chi connectivity index (χ2v) is 12.7. The van der Waals surface area contributed by atoms with Crippen molar-refractivity contribution in [3.63, 3.8) is 0 Å². The lowest BCUT2D eigenvalue weighted by atomic mass is 9.74. The molecular weight excluding hydrogens is 648 g/mol. The molecule has 1 aliphatic carbocycles. The zero-order valence-electron chi connectivity index (χ0n) is 30.6. The van der Waals surface area contributed by atoms with E-state index < -0.39 is 41.4 Å². The van der Waals surface area contributed by atoms with Crippen molar-refractivity contribution in [3.8, 4) is 0 Å². The third-order valence-corrected chi connectivity index (χ3v) is 8.45. The largest absolute Gasteiger partial charge is 0.355 e. The summed E-state index contributed by atoms with van der Waals surface area (Å²) in [7, 11) is 0. The smallest absolute Gasteiger partial charge is 0.243 e. The van der Waals surface area contributed by atoms with E-state index in [9.17, 15) is 28.8 Å². The molecule has 0 saturated heterocycles. The topological polar surface area (TPSA) is 175 Å². The van der Waals surface area contributed by atoms with Gasteiger partial charge in [0, 0.05) is 30.8 Å². The van der Waals surface area contributed by atoms with Crippen molar-refractivity contribution in [2.24, 2.45) is 17.8 Å². The molecule has 0 aromatic carbocycles. The summed E-state index contributed by atoms with van der Waals surface area (Å²) in [6.45, 7) is 7.92. The zero-order valence-corrected chi connectivity index (χ0v) is 30.6. The molecule has 0 bridgehead atoms. The first-order valence-corrected chi connectivity index (χ1v) is 18.5. The first-order chi connectivity index (χ1) is 24.7. The second-order valence-electron chi connectivity index (χ2n) is 12.7. The fourth-order valence-electron chi connectivity index (χ4n) is 5.63. The van der Waals surface area contributed by atoms with Crippen LogP contribution in [0.1, 0.15) is 110 Å². The van der Waals surface area contributed by atoms with E-state index in [-0.39, 0.29) is 50.7 Å². The monoisotopic (exact) mass is 706 g/mol. The van der Waals surface area contributed by atoms with Crippen LogP contribution in [0.4, 0.5) is 0 Å². The number of nitrogens with one attached hydrogen (secondary N) is 6. The highest BCUT2D eigenvalue weighted by Crippen LogP contribution is 2.34. The lowest BCUT2D eigenvalue weighted by molar-refractivity contribution is -0.137. The van der Waals surface area contributed by atoms with Crippen molar-refractivity contribution in [1.82, 2.24) is 31.9 Å². The average molecular weight is 707 g/mol. The van der Waals surface area contributed by atoms with Gasteiger partial charge in [0.25, 0.3) is 0 Å². The Bertz CT molecular complexity index is 1320. The van der Waals surface area contributed by atoms with Gasteiger partial charge in [-0.3, -0.25) is 28.8 Å². The van der Waals surface area contributed by atoms with E-state index in [1.54, 1.807) is 0 Å². The van der Waals surface area contributed by atoms with Crippen LogP contribution in [0.3, 0.4) is 0 Å². The van der Waals surface area contributed by atoms with E-state index in [1.165, 1.54) is 44.7 Å². The standard InChI is InChI=1S/C39H58N6O6/c1-4-7-10-13-16-19-22-40-34(46)28-43-37(49)31-25-32(38(50)44-29-35(47)41-23-20-17-14-11-8-5-2)27-33(26-31)39(51)45-30-36(48)42-24-21-18-15-12-9-6-3/h22,31-33H,1,5-6,8-9,11-12,14-15,17-18,20-21,23-30H2,2-3H3,(H,40,46)(H,41,47)(H,42,48)(H,43,49)(H,44,50)(H,45,51)/t31-,32+,33-. The normalized spacial score (nSPS) is 15.8. The number of amides is 6. The molecule has 1 fully saturated rings. The summed E-state index contributed by atoms with van der Waals surface area (Å²) in [5.74, 6) is -4.73. The van der Waals surface area contributed by atoms with Gasteiger partial charge in [-0.25, -0.2) is 0 Å². The summed E-state index contributed by atoms with van der Waals surface area (Å²) in [5.41, 5.74) is 14.7. The zero-order chi connectivity index (χ0) is 37.5. The predicted octanol–water partition coefficient (Wildman–Crippen LogP) is 3.51. The molecule has 0 radical (unpaired) electrons. The van der Waals surface area contributed by atoms with Gasteiger partial charge < -0.3 is 31.9 Å². The highest BCUT2D eigenvalue weighted by Gasteiger charge is 2.39. The molecule has 12 heteroatoms. The first kappa shape index (κ1) is 44.3. The molecule has 6 amide bonds. The molecule has 51 heavy (non-hydrogen) atoms. The minimum absolute atomic E-state index is 0.133. The molecule has 0 aromatic heterocycles. The molecule has 0 heterocycles. The molecule has 0 spiro atoms. The fourth-order valence-corrected chi connectivity index (χ4v) is 5.63. The van der Waals surface area contributed by atoms with Crippen molar-refractivity contribution in [2.75, 3.05) is 32.7 Å². The Balaban J connectivity index is 2.76. The number of hydrogen-bond donors (Lipinski definition) is 6. The van der Waals surface area contributed by atoms with Gasteiger partial charge in [-0.1, -0.05) is 83.8 Å². The van der Waals surface area contributed by atoms with Gasteiger partial charge >= 0.3 is 0 Å². The summed E-state index contributed by atoms with van der Waals surface area (Å²) in [4.78, 5) is 76.5. The summed E-state index contributed by atoms with van der Waals surface area (Å²) >= 11 is 0. The maximum absolute atomic E-state index is 13.2. The van der Waals surface area contributed by atoms with Crippen molar-refractivity contribution < 1.29 is 28.8 Å². The second kappa shape index (κ2) is 29.0. The van der Waals surface area contributed by atoms with Gasteiger partial charge in [-0.2, -0.15) is 0 Å². The minimum Gasteiger partial charge on any atom is -0.355 e. The Labute approximate surface area is 303 Å². The number of unbranched alkanes of at least 4 members (excludes halogenated alkanes) is 10. The van der Waals surface area contributed by atoms with Crippen LogP contribution in [0.5, 0.6) is 0 Å². The van der Waals surface area contributed by atoms with E-state index in [0.29, 0.717) is 13.1 Å². The van der Waals surface area contributed by atoms with Crippen molar-refractivity contribution in [1.29, 1.82) is 0 Å². The maximum atomic E-state index is 13.2. The van der Waals surface area contributed by atoms with Gasteiger partial charge in [0.2, 0.25) is 35.4 Å². The molecule has 1 aliphatic rings. The molecule has 1 rings (SSSR count). The number of carbonyl (C=O) groups excluding carboxylic acids is 6. The molecular formula is C39H58N6O6. The predicted molar refractivity (Wildman–Crippen MR) is 196 cm³/mol. The molecule has 0 aromatic rings. The Kier molecular flexibility index (Phi) is 25.2. The van der Waals surface area contributed by atoms with Crippen LogP contribution < -0.4 is 31.9 Å². The highest BCUT2D eigenvalue weighted by atomic mass is 16.2. The molecule has 0 unspecified atom stereocenters. The van der Waals surface area contributed by atoms with Crippen LogP contribution in [-0.4, -0.2) is 68.2 Å². The maximum Gasteiger partial charge on any atom is 0.243 e. The van der Waals surface area contributed by atoms with Gasteiger partial charge in [0.05, 0.1) is 25.8 Å². The lowest BCUT2D eigenvalue weighted by Crippen LogP contribution is -2.48. The first-order valence-electron chi connectivity index (χ1n) is 18.5. The third-order valence-electron chi connectivity index (χ3n) is 8.45. The van der Waals surface area contributed by atoms with Gasteiger partial charge in [0.1, 0.15) is 0 Å². The van der Waals surface area contributed by atoms with Gasteiger partial charge in [-0.15, -0.1) is 0 Å². The Morgan fingerprint density at radius 1 is 0.529 bits per heavy atom. The molecule has 280 valence electrons. The summed E-state index contributed by atoms with van der Waals surface area (Å²) in [5, 5.41) is 15.9. The van der Waals surface area contributed by atoms with Gasteiger partial charge in [0.15, 0.2) is 0 Å². The number of rotatable bonds is 24. The van der Waals surface area contributed by atoms with Crippen LogP contribution in [0.2, 0.25) is 0 Å². The van der Waals surface area contributed by atoms with E-state index in [4.69, 9.17) is 0 Å². The van der Waals surface area contributed by atoms with Crippen LogP contribution in [-0.2, 0) is 28.8 Å². The van der Waals surface area contributed by atoms with Crippen molar-refractivity contribution in [2.45, 2.75) is 110 Å². The lowest BCUT2D eigenvalue weighted by Gasteiger charge is -2.32. The van der Waals surface area contributed by atoms with E-state index in [1.807, 2.05) is 0 Å². The Morgan fingerprint density at radius 3 is 1.35 bits per heavy atom. The summed E-state index contributed by atoms with van der Waals surface area (Å²) in [6, 6.07) is 0. The number of hydrogen-bond acceptors (Lipinski definition) is 6. The van der Waals surface area contributed by atoms with Gasteiger partial charge in [-0.05, 0) is 67.3 Å². The van der Waals surface area contributed by atoms with Crippen LogP contribution in [0.15, 0.2) is 47.2 Å². The Morgan fingerprint density at radius 2 is 0.922 bits per heavy atom. The van der Waals surface area contributed by atoms with Crippen LogP contribution in [0.25, 0.3) is 0 Å². The fraction of sp³-hybridized carbons (Fsp3) is 0.641. The number of carbonyl (C=O) groups is 6. The van der Waals surface area contributed by atoms with Crippen LogP contribution in [0, 0.1) is 17.8 Å². The minimum atomic E-state index is -0.755. The molecule has 1 saturated carbocycles. The molecule has 3 atom stereocenters. The van der Waals surface area contributed by atoms with Crippen LogP contribution >= 0.6 is 0 Å². The van der Waals surface area contributed by atoms with Crippen molar-refractivity contribution >= 4 is 35.4 Å². The van der Waals surface area contributed by atoms with Crippen molar-refractivity contribution in [3.05, 3.63) is 47.2 Å². The van der Waals surface area contributed by atoms with E-state index in [2.05, 4.69) is 86.7 Å². The molecule has 6 N–H and O–H groups in total. The Hall–Kier alpha value is -4.76. The average Bonchev–Trinajstić information content (AvgIpc) is 3.13. The highest BCUT2D eigenvalue weighted by molar-refractivity contribution is 5.90.